The van der Waals surface area contributed by atoms with Crippen LogP contribution in [-0.2, 0) is 32.7 Å². The number of carbonyl (C=O) groups excluding carboxylic acids is 2. The summed E-state index contributed by atoms with van der Waals surface area (Å²) >= 11 is 0. The molecule has 0 fully saturated rings. The molecule has 0 saturated heterocycles. The van der Waals surface area contributed by atoms with Crippen molar-refractivity contribution in [3.63, 3.8) is 0 Å². The van der Waals surface area contributed by atoms with Crippen molar-refractivity contribution >= 4 is 19.8 Å². The quantitative estimate of drug-likeness (QED) is 0.0196. The minimum Gasteiger partial charge on any atom is -0.756 e. The Morgan fingerprint density at radius 3 is 1.40 bits per heavy atom. The topological polar surface area (TPSA) is 111 Å². The summed E-state index contributed by atoms with van der Waals surface area (Å²) in [5.74, 6) is -0.911. The molecule has 0 aliphatic heterocycles. The Kier molecular flexibility index (Phi) is 40.4. The van der Waals surface area contributed by atoms with Gasteiger partial charge in [0.1, 0.15) is 19.8 Å². The van der Waals surface area contributed by atoms with Crippen LogP contribution in [0, 0.1) is 0 Å². The Bertz CT molecular complexity index is 1210. The molecule has 0 radical (unpaired) electrons. The molecule has 0 aliphatic rings. The van der Waals surface area contributed by atoms with Gasteiger partial charge in [0.05, 0.1) is 27.7 Å². The van der Waals surface area contributed by atoms with Crippen LogP contribution in [0.1, 0.15) is 194 Å². The minimum absolute atomic E-state index is 0.0429. The Morgan fingerprint density at radius 2 is 0.917 bits per heavy atom. The number of allylic oxidation sites excluding steroid dienone is 10. The molecule has 0 rings (SSSR count). The van der Waals surface area contributed by atoms with E-state index in [2.05, 4.69) is 74.6 Å². The molecule has 0 heterocycles. The lowest BCUT2D eigenvalue weighted by Crippen LogP contribution is -2.37. The van der Waals surface area contributed by atoms with E-state index in [0.717, 1.165) is 57.8 Å². The molecule has 2 atom stereocenters. The van der Waals surface area contributed by atoms with Crippen LogP contribution >= 0.6 is 7.82 Å². The molecule has 0 aliphatic carbocycles. The fraction of sp³-hybridized carbons (Fsp3) is 0.760. The number of nitrogens with zero attached hydrogens (tertiary/aromatic N) is 1. The number of hydrogen-bond donors (Lipinski definition) is 0. The van der Waals surface area contributed by atoms with E-state index in [1.54, 1.807) is 0 Å². The molecule has 10 heteroatoms. The standard InChI is InChI=1S/C50H90NO8P/c1-6-8-10-12-14-16-18-20-22-23-24-25-26-27-29-30-32-34-36-38-40-42-49(52)56-46-48(47-58-60(54,55)57-45-44-51(3,4)5)59-50(53)43-41-39-37-35-33-31-28-21-19-17-15-13-11-9-7-2/h21-23,25-26,28-30,34,36,48H,6-20,24,27,31-33,35,37-47H2,1-5H3/b23-22+,26-25+,28-21+,30-29+,36-34+/t48-/m0/s1. The third-order valence-corrected chi connectivity index (χ3v) is 11.0. The first-order valence-electron chi connectivity index (χ1n) is 24.0. The third kappa shape index (κ3) is 45.2. The summed E-state index contributed by atoms with van der Waals surface area (Å²) in [7, 11) is 1.13. The summed E-state index contributed by atoms with van der Waals surface area (Å²) in [6, 6.07) is 0. The number of quaternary nitrogens is 1. The maximum absolute atomic E-state index is 12.7. The number of rotatable bonds is 43. The number of ether oxygens (including phenoxy) is 2. The second kappa shape index (κ2) is 42.0. The van der Waals surface area contributed by atoms with E-state index < -0.39 is 32.5 Å². The van der Waals surface area contributed by atoms with Gasteiger partial charge in [-0.2, -0.15) is 0 Å². The van der Waals surface area contributed by atoms with Crippen molar-refractivity contribution in [2.45, 2.75) is 200 Å². The van der Waals surface area contributed by atoms with Crippen molar-refractivity contribution in [3.8, 4) is 0 Å². The van der Waals surface area contributed by atoms with Crippen molar-refractivity contribution < 1.29 is 42.1 Å². The van der Waals surface area contributed by atoms with E-state index in [1.165, 1.54) is 96.3 Å². The van der Waals surface area contributed by atoms with Gasteiger partial charge in [0, 0.05) is 12.8 Å². The Morgan fingerprint density at radius 1 is 0.517 bits per heavy atom. The highest BCUT2D eigenvalue weighted by atomic mass is 31.2. The van der Waals surface area contributed by atoms with Crippen LogP contribution in [0.2, 0.25) is 0 Å². The second-order valence-electron chi connectivity index (χ2n) is 17.1. The maximum Gasteiger partial charge on any atom is 0.306 e. The second-order valence-corrected chi connectivity index (χ2v) is 18.5. The normalized spacial score (nSPS) is 14.0. The first-order chi connectivity index (χ1) is 29.0. The summed E-state index contributed by atoms with van der Waals surface area (Å²) in [6.07, 6.45) is 51.1. The number of hydrogen-bond acceptors (Lipinski definition) is 8. The Balaban J connectivity index is 4.41. The van der Waals surface area contributed by atoms with Crippen molar-refractivity contribution in [2.24, 2.45) is 0 Å². The predicted octanol–water partition coefficient (Wildman–Crippen LogP) is 13.4. The van der Waals surface area contributed by atoms with Gasteiger partial charge in [-0.3, -0.25) is 14.2 Å². The molecule has 0 bridgehead atoms. The Labute approximate surface area is 368 Å². The van der Waals surface area contributed by atoms with Gasteiger partial charge in [0.15, 0.2) is 6.10 Å². The average molecular weight is 864 g/mol. The largest absolute Gasteiger partial charge is 0.756 e. The molecule has 348 valence electrons. The van der Waals surface area contributed by atoms with Gasteiger partial charge in [0.25, 0.3) is 7.82 Å². The lowest BCUT2D eigenvalue weighted by molar-refractivity contribution is -0.870. The van der Waals surface area contributed by atoms with Crippen LogP contribution in [-0.4, -0.2) is 70.0 Å². The number of phosphoric acid groups is 1. The third-order valence-electron chi connectivity index (χ3n) is 10.0. The van der Waals surface area contributed by atoms with Crippen LogP contribution < -0.4 is 4.89 Å². The fourth-order valence-electron chi connectivity index (χ4n) is 6.23. The maximum atomic E-state index is 12.7. The van der Waals surface area contributed by atoms with Gasteiger partial charge in [-0.1, -0.05) is 164 Å². The smallest absolute Gasteiger partial charge is 0.306 e. The molecule has 0 saturated carbocycles. The molecule has 0 amide bonds. The summed E-state index contributed by atoms with van der Waals surface area (Å²) in [5.41, 5.74) is 0. The van der Waals surface area contributed by atoms with Crippen LogP contribution in [0.3, 0.4) is 0 Å². The Hall–Kier alpha value is -2.29. The van der Waals surface area contributed by atoms with Gasteiger partial charge in [-0.15, -0.1) is 0 Å². The number of phosphoric ester groups is 1. The highest BCUT2D eigenvalue weighted by molar-refractivity contribution is 7.45. The number of likely N-dealkylation sites (N-methyl/N-ethyl adjacent to an activating group) is 1. The molecule has 0 aromatic heterocycles. The molecule has 0 aromatic rings. The molecule has 1 unspecified atom stereocenters. The van der Waals surface area contributed by atoms with Gasteiger partial charge >= 0.3 is 11.9 Å². The lowest BCUT2D eigenvalue weighted by Gasteiger charge is -2.28. The van der Waals surface area contributed by atoms with Gasteiger partial charge in [-0.25, -0.2) is 0 Å². The minimum atomic E-state index is -4.64. The van der Waals surface area contributed by atoms with Crippen molar-refractivity contribution in [1.82, 2.24) is 0 Å². The van der Waals surface area contributed by atoms with E-state index in [4.69, 9.17) is 18.5 Å². The lowest BCUT2D eigenvalue weighted by atomic mass is 10.1. The number of esters is 2. The van der Waals surface area contributed by atoms with E-state index in [9.17, 15) is 19.0 Å². The molecule has 0 N–H and O–H groups in total. The zero-order valence-corrected chi connectivity index (χ0v) is 40.0. The van der Waals surface area contributed by atoms with E-state index in [0.29, 0.717) is 23.9 Å². The first kappa shape index (κ1) is 57.7. The van der Waals surface area contributed by atoms with Crippen molar-refractivity contribution in [1.29, 1.82) is 0 Å². The monoisotopic (exact) mass is 864 g/mol. The highest BCUT2D eigenvalue weighted by Crippen LogP contribution is 2.38. The highest BCUT2D eigenvalue weighted by Gasteiger charge is 2.21. The zero-order valence-electron chi connectivity index (χ0n) is 39.1. The molecule has 9 nitrogen and oxygen atoms in total. The van der Waals surface area contributed by atoms with Gasteiger partial charge in [0.2, 0.25) is 0 Å². The van der Waals surface area contributed by atoms with Crippen molar-refractivity contribution in [3.05, 3.63) is 60.8 Å². The zero-order chi connectivity index (χ0) is 44.3. The summed E-state index contributed by atoms with van der Waals surface area (Å²) in [4.78, 5) is 37.6. The van der Waals surface area contributed by atoms with Crippen molar-refractivity contribution in [2.75, 3.05) is 47.5 Å². The molecule has 60 heavy (non-hydrogen) atoms. The average Bonchev–Trinajstić information content (AvgIpc) is 3.20. The SMILES string of the molecule is CCCCCCCC/C=C/CCCCCCCC(=O)O[C@@H](COC(=O)CCC/C=C/C/C=C/C/C=C/C/C=C/CCCCCCCCC)COP(=O)([O-])OCC[N+](C)(C)C. The van der Waals surface area contributed by atoms with Gasteiger partial charge in [-0.05, 0) is 77.0 Å². The predicted molar refractivity (Wildman–Crippen MR) is 250 cm³/mol. The van der Waals surface area contributed by atoms with Crippen LogP contribution in [0.15, 0.2) is 60.8 Å². The number of unbranched alkanes of at least 4 members (excludes halogenated alkanes) is 19. The fourth-order valence-corrected chi connectivity index (χ4v) is 6.96. The molecule has 0 aromatic carbocycles. The van der Waals surface area contributed by atoms with E-state index in [-0.39, 0.29) is 26.1 Å². The van der Waals surface area contributed by atoms with E-state index in [1.807, 2.05) is 21.1 Å². The molecular formula is C50H90NO8P. The molecular weight excluding hydrogens is 774 g/mol. The van der Waals surface area contributed by atoms with Gasteiger partial charge < -0.3 is 27.9 Å². The van der Waals surface area contributed by atoms with Crippen LogP contribution in [0.4, 0.5) is 0 Å². The summed E-state index contributed by atoms with van der Waals surface area (Å²) < 4.78 is 33.9. The van der Waals surface area contributed by atoms with Crippen LogP contribution in [0.25, 0.3) is 0 Å². The summed E-state index contributed by atoms with van der Waals surface area (Å²) in [5, 5.41) is 0. The van der Waals surface area contributed by atoms with E-state index >= 15 is 0 Å². The van der Waals surface area contributed by atoms with Crippen LogP contribution in [0.5, 0.6) is 0 Å². The summed E-state index contributed by atoms with van der Waals surface area (Å²) in [6.45, 7) is 4.15. The molecule has 0 spiro atoms. The number of carbonyl (C=O) groups is 2. The first-order valence-corrected chi connectivity index (χ1v) is 25.5.